The van der Waals surface area contributed by atoms with Crippen molar-refractivity contribution in [3.05, 3.63) is 53.6 Å². The largest absolute Gasteiger partial charge is 0.454 e. The molecule has 3 rings (SSSR count). The van der Waals surface area contributed by atoms with E-state index in [1.807, 2.05) is 0 Å². The Bertz CT molecular complexity index is 892. The van der Waals surface area contributed by atoms with Crippen LogP contribution in [0.2, 0.25) is 0 Å². The van der Waals surface area contributed by atoms with Crippen molar-refractivity contribution in [2.24, 2.45) is 0 Å². The van der Waals surface area contributed by atoms with E-state index < -0.39 is 10.0 Å². The first-order valence-corrected chi connectivity index (χ1v) is 9.05. The molecule has 0 fully saturated rings. The maximum Gasteiger partial charge on any atom is 0.253 e. The molecule has 2 aromatic carbocycles. The van der Waals surface area contributed by atoms with Gasteiger partial charge in [0, 0.05) is 26.2 Å². The third-order valence-corrected chi connectivity index (χ3v) is 5.14. The van der Waals surface area contributed by atoms with Crippen LogP contribution in [0.25, 0.3) is 0 Å². The number of carbonyl (C=O) groups excluding carboxylic acids is 1. The highest BCUT2D eigenvalue weighted by molar-refractivity contribution is 7.89. The Morgan fingerprint density at radius 1 is 1.08 bits per heavy atom. The zero-order chi connectivity index (χ0) is 18.0. The molecule has 0 spiro atoms. The number of nitrogens with one attached hydrogen (secondary N) is 1. The molecule has 8 heteroatoms. The number of amides is 1. The van der Waals surface area contributed by atoms with Crippen LogP contribution in [0.3, 0.4) is 0 Å². The van der Waals surface area contributed by atoms with Gasteiger partial charge in [0.25, 0.3) is 5.91 Å². The second-order valence-electron chi connectivity index (χ2n) is 5.74. The smallest absolute Gasteiger partial charge is 0.253 e. The zero-order valence-corrected chi connectivity index (χ0v) is 14.7. The summed E-state index contributed by atoms with van der Waals surface area (Å²) in [6, 6.07) is 11.1. The number of benzene rings is 2. The lowest BCUT2D eigenvalue weighted by atomic mass is 10.2. The first-order chi connectivity index (χ1) is 11.9. The van der Waals surface area contributed by atoms with Crippen molar-refractivity contribution in [2.75, 3.05) is 20.9 Å². The van der Waals surface area contributed by atoms with Crippen LogP contribution in [0, 0.1) is 0 Å². The Kier molecular flexibility index (Phi) is 4.65. The highest BCUT2D eigenvalue weighted by atomic mass is 32.2. The van der Waals surface area contributed by atoms with E-state index in [1.165, 1.54) is 29.2 Å². The number of fused-ring (bicyclic) bond motifs is 1. The highest BCUT2D eigenvalue weighted by Gasteiger charge is 2.17. The average Bonchev–Trinajstić information content (AvgIpc) is 3.07. The second-order valence-corrected chi connectivity index (χ2v) is 7.50. The van der Waals surface area contributed by atoms with Gasteiger partial charge in [-0.25, -0.2) is 13.1 Å². The summed E-state index contributed by atoms with van der Waals surface area (Å²) < 4.78 is 37.8. The van der Waals surface area contributed by atoms with E-state index in [-0.39, 0.29) is 24.1 Å². The van der Waals surface area contributed by atoms with Crippen molar-refractivity contribution in [1.29, 1.82) is 0 Å². The molecule has 0 saturated heterocycles. The van der Waals surface area contributed by atoms with Crippen LogP contribution in [0.4, 0.5) is 0 Å². The van der Waals surface area contributed by atoms with Gasteiger partial charge in [-0.1, -0.05) is 6.07 Å². The fraction of sp³-hybridized carbons (Fsp3) is 0.235. The summed E-state index contributed by atoms with van der Waals surface area (Å²) in [5.41, 5.74) is 1.19. The van der Waals surface area contributed by atoms with Crippen molar-refractivity contribution in [3.8, 4) is 11.5 Å². The zero-order valence-electron chi connectivity index (χ0n) is 13.9. The van der Waals surface area contributed by atoms with Gasteiger partial charge in [0.1, 0.15) is 0 Å². The maximum atomic E-state index is 12.4. The predicted molar refractivity (Wildman–Crippen MR) is 91.1 cm³/mol. The molecule has 25 heavy (non-hydrogen) atoms. The molecular weight excluding hydrogens is 344 g/mol. The molecule has 1 aliphatic rings. The fourth-order valence-corrected chi connectivity index (χ4v) is 3.37. The molecule has 0 unspecified atom stereocenters. The van der Waals surface area contributed by atoms with Crippen molar-refractivity contribution >= 4 is 15.9 Å². The van der Waals surface area contributed by atoms with Crippen LogP contribution in [0.5, 0.6) is 11.5 Å². The molecule has 1 N–H and O–H groups in total. The van der Waals surface area contributed by atoms with Crippen LogP contribution in [-0.2, 0) is 16.6 Å². The summed E-state index contributed by atoms with van der Waals surface area (Å²) in [6.45, 7) is 0.292. The first kappa shape index (κ1) is 17.2. The van der Waals surface area contributed by atoms with E-state index in [0.717, 1.165) is 5.56 Å². The van der Waals surface area contributed by atoms with Crippen LogP contribution < -0.4 is 14.2 Å². The normalized spacial score (nSPS) is 12.9. The summed E-state index contributed by atoms with van der Waals surface area (Å²) in [5.74, 6) is 1.06. The number of nitrogens with zero attached hydrogens (tertiary/aromatic N) is 1. The number of hydrogen-bond acceptors (Lipinski definition) is 5. The number of hydrogen-bond donors (Lipinski definition) is 1. The van der Waals surface area contributed by atoms with E-state index in [4.69, 9.17) is 9.47 Å². The monoisotopic (exact) mass is 362 g/mol. The molecule has 0 atom stereocenters. The van der Waals surface area contributed by atoms with Gasteiger partial charge < -0.3 is 14.4 Å². The van der Waals surface area contributed by atoms with Gasteiger partial charge in [0.15, 0.2) is 11.5 Å². The molecule has 1 aliphatic heterocycles. The Morgan fingerprint density at radius 3 is 2.44 bits per heavy atom. The van der Waals surface area contributed by atoms with E-state index in [2.05, 4.69) is 4.72 Å². The van der Waals surface area contributed by atoms with Gasteiger partial charge in [0.05, 0.1) is 4.90 Å². The van der Waals surface area contributed by atoms with Gasteiger partial charge in [0.2, 0.25) is 16.8 Å². The lowest BCUT2D eigenvalue weighted by Gasteiger charge is -2.11. The van der Waals surface area contributed by atoms with E-state index in [0.29, 0.717) is 17.1 Å². The molecule has 0 saturated carbocycles. The van der Waals surface area contributed by atoms with Crippen LogP contribution in [0.1, 0.15) is 15.9 Å². The molecule has 7 nitrogen and oxygen atoms in total. The van der Waals surface area contributed by atoms with Crippen molar-refractivity contribution < 1.29 is 22.7 Å². The SMILES string of the molecule is CN(C)C(=O)c1ccc(S(=O)(=O)NCc2ccc3c(c2)OCO3)cc1. The lowest BCUT2D eigenvalue weighted by molar-refractivity contribution is 0.0827. The Balaban J connectivity index is 1.70. The minimum absolute atomic E-state index is 0.101. The van der Waals surface area contributed by atoms with Crippen LogP contribution in [0.15, 0.2) is 47.4 Å². The third kappa shape index (κ3) is 3.75. The number of carbonyl (C=O) groups is 1. The van der Waals surface area contributed by atoms with Gasteiger partial charge in [-0.05, 0) is 42.0 Å². The summed E-state index contributed by atoms with van der Waals surface area (Å²) in [7, 11) is -0.405. The number of sulfonamides is 1. The Morgan fingerprint density at radius 2 is 1.76 bits per heavy atom. The molecule has 0 bridgehead atoms. The third-order valence-electron chi connectivity index (χ3n) is 3.72. The Hall–Kier alpha value is -2.58. The first-order valence-electron chi connectivity index (χ1n) is 7.57. The van der Waals surface area contributed by atoms with Gasteiger partial charge in [-0.15, -0.1) is 0 Å². The fourth-order valence-electron chi connectivity index (χ4n) is 2.35. The molecule has 1 amide bonds. The second kappa shape index (κ2) is 6.73. The molecule has 1 heterocycles. The summed E-state index contributed by atoms with van der Waals surface area (Å²) >= 11 is 0. The minimum Gasteiger partial charge on any atom is -0.454 e. The molecule has 2 aromatic rings. The topological polar surface area (TPSA) is 84.9 Å². The lowest BCUT2D eigenvalue weighted by Crippen LogP contribution is -2.24. The Labute approximate surface area is 146 Å². The summed E-state index contributed by atoms with van der Waals surface area (Å²) in [4.78, 5) is 13.4. The highest BCUT2D eigenvalue weighted by Crippen LogP contribution is 2.32. The predicted octanol–water partition coefficient (Wildman–Crippen LogP) is 1.60. The van der Waals surface area contributed by atoms with E-state index >= 15 is 0 Å². The average molecular weight is 362 g/mol. The van der Waals surface area contributed by atoms with E-state index in [1.54, 1.807) is 32.3 Å². The molecule has 0 radical (unpaired) electrons. The maximum absolute atomic E-state index is 12.4. The van der Waals surface area contributed by atoms with E-state index in [9.17, 15) is 13.2 Å². The summed E-state index contributed by atoms with van der Waals surface area (Å²) in [6.07, 6.45) is 0. The van der Waals surface area contributed by atoms with Crippen LogP contribution >= 0.6 is 0 Å². The molecule has 132 valence electrons. The molecule has 0 aromatic heterocycles. The van der Waals surface area contributed by atoms with Crippen molar-refractivity contribution in [1.82, 2.24) is 9.62 Å². The summed E-state index contributed by atoms with van der Waals surface area (Å²) in [5, 5.41) is 0. The van der Waals surface area contributed by atoms with Crippen molar-refractivity contribution in [2.45, 2.75) is 11.4 Å². The number of ether oxygens (including phenoxy) is 2. The minimum atomic E-state index is -3.68. The number of rotatable bonds is 5. The van der Waals surface area contributed by atoms with Crippen molar-refractivity contribution in [3.63, 3.8) is 0 Å². The molecule has 0 aliphatic carbocycles. The quantitative estimate of drug-likeness (QED) is 0.873. The van der Waals surface area contributed by atoms with Crippen LogP contribution in [-0.4, -0.2) is 40.1 Å². The molecular formula is C17H18N2O5S. The van der Waals surface area contributed by atoms with Gasteiger partial charge in [-0.3, -0.25) is 4.79 Å². The van der Waals surface area contributed by atoms with Gasteiger partial charge in [-0.2, -0.15) is 0 Å². The standard InChI is InChI=1S/C17H18N2O5S/c1-19(2)17(20)13-4-6-14(7-5-13)25(21,22)18-10-12-3-8-15-16(9-12)24-11-23-15/h3-9,18H,10-11H2,1-2H3. The van der Waals surface area contributed by atoms with Gasteiger partial charge >= 0.3 is 0 Å².